The van der Waals surface area contributed by atoms with Crippen molar-refractivity contribution in [1.82, 2.24) is 19.8 Å². The van der Waals surface area contributed by atoms with Gasteiger partial charge in [-0.3, -0.25) is 9.69 Å². The third-order valence-electron chi connectivity index (χ3n) is 8.80. The second-order valence-electron chi connectivity index (χ2n) is 11.9. The zero-order valence-corrected chi connectivity index (χ0v) is 25.7. The molecule has 0 saturated carbocycles. The van der Waals surface area contributed by atoms with Crippen LogP contribution in [-0.4, -0.2) is 119 Å². The molecular formula is C33H38FN7O5. The van der Waals surface area contributed by atoms with E-state index in [9.17, 15) is 19.6 Å². The van der Waals surface area contributed by atoms with Gasteiger partial charge in [0.1, 0.15) is 23.7 Å². The normalized spacial score (nSPS) is 21.3. The number of piperazine rings is 1. The molecule has 13 heteroatoms. The Labute approximate surface area is 267 Å². The Kier molecular flexibility index (Phi) is 9.60. The summed E-state index contributed by atoms with van der Waals surface area (Å²) < 4.78 is 26.2. The van der Waals surface area contributed by atoms with Gasteiger partial charge >= 0.3 is 0 Å². The van der Waals surface area contributed by atoms with Crippen LogP contribution in [0.2, 0.25) is 0 Å². The molecule has 3 saturated heterocycles. The molecule has 0 aliphatic carbocycles. The van der Waals surface area contributed by atoms with E-state index in [1.807, 2.05) is 6.07 Å². The number of carbonyl (C=O) groups excluding carboxylic acids is 1. The number of anilines is 3. The number of hydrogen-bond acceptors (Lipinski definition) is 11. The van der Waals surface area contributed by atoms with Crippen molar-refractivity contribution in [3.63, 3.8) is 0 Å². The van der Waals surface area contributed by atoms with E-state index in [1.165, 1.54) is 16.2 Å². The van der Waals surface area contributed by atoms with Crippen LogP contribution in [0.25, 0.3) is 11.4 Å². The highest BCUT2D eigenvalue weighted by Crippen LogP contribution is 2.30. The molecule has 6 rings (SSSR count). The summed E-state index contributed by atoms with van der Waals surface area (Å²) in [5.74, 6) is 0.505. The van der Waals surface area contributed by atoms with Crippen molar-refractivity contribution in [2.24, 2.45) is 0 Å². The Hall–Kier alpha value is -4.35. The highest BCUT2D eigenvalue weighted by molar-refractivity contribution is 5.81. The molecule has 0 bridgehead atoms. The standard InChI is InChI=1S/C33H38FN7O5/c1-21-14-24(3-4-27(21)40-12-10-39(11-13-40)25-19-45-20-25)37-31-6-8-36-32(38-31)22-2-5-29(23(15-22)16-35)46-30-7-9-41(17-26(30)34)33(44)28(43)18-42/h2-6,8,14-15,25-26,28,30,42-43H,7,9-13,17-20H2,1H3,(H,36,37,38)/t26-,28+,30+/m1/s1. The van der Waals surface area contributed by atoms with Gasteiger partial charge in [0, 0.05) is 62.3 Å². The predicted octanol–water partition coefficient (Wildman–Crippen LogP) is 2.26. The number of halogens is 1. The number of piperidine rings is 1. The number of carbonyl (C=O) groups is 1. The number of aromatic nitrogens is 2. The van der Waals surface area contributed by atoms with Gasteiger partial charge < -0.3 is 34.8 Å². The number of aryl methyl sites for hydroxylation is 1. The van der Waals surface area contributed by atoms with Crippen LogP contribution in [0, 0.1) is 18.3 Å². The summed E-state index contributed by atoms with van der Waals surface area (Å²) in [5, 5.41) is 31.8. The van der Waals surface area contributed by atoms with Crippen LogP contribution in [0.15, 0.2) is 48.7 Å². The number of rotatable bonds is 9. The first-order valence-corrected chi connectivity index (χ1v) is 15.5. The summed E-state index contributed by atoms with van der Waals surface area (Å²) >= 11 is 0. The second-order valence-corrected chi connectivity index (χ2v) is 11.9. The van der Waals surface area contributed by atoms with Crippen molar-refractivity contribution in [1.29, 1.82) is 5.26 Å². The van der Waals surface area contributed by atoms with Gasteiger partial charge in [0.15, 0.2) is 18.1 Å². The summed E-state index contributed by atoms with van der Waals surface area (Å²) in [6, 6.07) is 15.7. The van der Waals surface area contributed by atoms with Crippen molar-refractivity contribution >= 4 is 23.1 Å². The lowest BCUT2D eigenvalue weighted by Crippen LogP contribution is -2.56. The van der Waals surface area contributed by atoms with E-state index < -0.39 is 30.9 Å². The Morgan fingerprint density at radius 3 is 2.65 bits per heavy atom. The minimum absolute atomic E-state index is 0.157. The number of ether oxygens (including phenoxy) is 2. The van der Waals surface area contributed by atoms with E-state index in [1.54, 1.807) is 30.5 Å². The molecule has 3 aromatic rings. The lowest BCUT2D eigenvalue weighted by atomic mass is 10.0. The summed E-state index contributed by atoms with van der Waals surface area (Å²) in [6.45, 7) is 6.99. The fourth-order valence-corrected chi connectivity index (χ4v) is 6.09. The third-order valence-corrected chi connectivity index (χ3v) is 8.80. The van der Waals surface area contributed by atoms with E-state index in [2.05, 4.69) is 50.2 Å². The molecule has 0 spiro atoms. The van der Waals surface area contributed by atoms with Gasteiger partial charge in [-0.05, 0) is 55.0 Å². The van der Waals surface area contributed by atoms with Gasteiger partial charge in [-0.1, -0.05) is 0 Å². The van der Waals surface area contributed by atoms with E-state index in [0.717, 1.165) is 45.1 Å². The molecule has 2 aromatic carbocycles. The summed E-state index contributed by atoms with van der Waals surface area (Å²) in [7, 11) is 0. The van der Waals surface area contributed by atoms with Gasteiger partial charge in [-0.2, -0.15) is 5.26 Å². The lowest BCUT2D eigenvalue weighted by molar-refractivity contribution is -0.146. The Morgan fingerprint density at radius 2 is 1.98 bits per heavy atom. The number of nitrogens with one attached hydrogen (secondary N) is 1. The highest BCUT2D eigenvalue weighted by Gasteiger charge is 2.35. The number of alkyl halides is 1. The van der Waals surface area contributed by atoms with Crippen molar-refractivity contribution in [3.8, 4) is 23.2 Å². The van der Waals surface area contributed by atoms with Crippen molar-refractivity contribution in [2.75, 3.05) is 69.3 Å². The zero-order chi connectivity index (χ0) is 32.2. The second kappa shape index (κ2) is 14.0. The zero-order valence-electron chi connectivity index (χ0n) is 25.7. The molecule has 3 atom stereocenters. The fraction of sp³-hybridized carbons (Fsp3) is 0.455. The van der Waals surface area contributed by atoms with Crippen LogP contribution in [0.3, 0.4) is 0 Å². The first-order chi connectivity index (χ1) is 22.3. The van der Waals surface area contributed by atoms with Crippen molar-refractivity contribution in [3.05, 3.63) is 59.8 Å². The molecule has 46 heavy (non-hydrogen) atoms. The van der Waals surface area contributed by atoms with Gasteiger partial charge in [-0.15, -0.1) is 0 Å². The smallest absolute Gasteiger partial charge is 0.253 e. The first kappa shape index (κ1) is 31.6. The average molecular weight is 632 g/mol. The number of aliphatic hydroxyl groups is 2. The minimum atomic E-state index is -1.58. The molecule has 4 heterocycles. The number of benzene rings is 2. The quantitative estimate of drug-likeness (QED) is 0.320. The Morgan fingerprint density at radius 1 is 1.17 bits per heavy atom. The van der Waals surface area contributed by atoms with Crippen LogP contribution in [0.1, 0.15) is 17.5 Å². The number of nitrogens with zero attached hydrogens (tertiary/aromatic N) is 6. The van der Waals surface area contributed by atoms with Crippen molar-refractivity contribution < 1.29 is 28.9 Å². The molecule has 242 valence electrons. The summed E-state index contributed by atoms with van der Waals surface area (Å²) in [6.07, 6.45) is -2.17. The van der Waals surface area contributed by atoms with Gasteiger partial charge in [-0.25, -0.2) is 14.4 Å². The fourth-order valence-electron chi connectivity index (χ4n) is 6.09. The molecule has 1 amide bonds. The Balaban J connectivity index is 1.09. The number of likely N-dealkylation sites (tertiary alicyclic amines) is 1. The first-order valence-electron chi connectivity index (χ1n) is 15.5. The van der Waals surface area contributed by atoms with E-state index in [-0.39, 0.29) is 30.8 Å². The van der Waals surface area contributed by atoms with E-state index >= 15 is 0 Å². The molecule has 3 N–H and O–H groups in total. The van der Waals surface area contributed by atoms with Gasteiger partial charge in [0.05, 0.1) is 38.0 Å². The molecule has 1 aromatic heterocycles. The third kappa shape index (κ3) is 6.90. The largest absolute Gasteiger partial charge is 0.486 e. The number of hydrogen-bond donors (Lipinski definition) is 3. The van der Waals surface area contributed by atoms with Crippen LogP contribution < -0.4 is 15.0 Å². The molecule has 3 fully saturated rings. The topological polar surface area (TPSA) is 147 Å². The molecule has 3 aliphatic heterocycles. The maximum absolute atomic E-state index is 14.9. The van der Waals surface area contributed by atoms with Crippen molar-refractivity contribution in [2.45, 2.75) is 37.8 Å². The Bertz CT molecular complexity index is 1590. The van der Waals surface area contributed by atoms with Crippen LogP contribution in [0.5, 0.6) is 5.75 Å². The monoisotopic (exact) mass is 631 g/mol. The molecular weight excluding hydrogens is 593 g/mol. The average Bonchev–Trinajstić information content (AvgIpc) is 3.05. The van der Waals surface area contributed by atoms with Gasteiger partial charge in [0.2, 0.25) is 0 Å². The predicted molar refractivity (Wildman–Crippen MR) is 169 cm³/mol. The SMILES string of the molecule is Cc1cc(Nc2ccnc(-c3ccc(O[C@H]4CCN(C(=O)[C@@H](O)CO)C[C@H]4F)c(C#N)c3)n2)ccc1N1CCN(C2COC2)CC1. The van der Waals surface area contributed by atoms with E-state index in [4.69, 9.17) is 14.6 Å². The van der Waals surface area contributed by atoms with E-state index in [0.29, 0.717) is 23.2 Å². The maximum Gasteiger partial charge on any atom is 0.253 e. The number of nitriles is 1. The number of amides is 1. The molecule has 0 unspecified atom stereocenters. The lowest BCUT2D eigenvalue weighted by Gasteiger charge is -2.43. The van der Waals surface area contributed by atoms with Gasteiger partial charge in [0.25, 0.3) is 5.91 Å². The molecule has 3 aliphatic rings. The minimum Gasteiger partial charge on any atom is -0.486 e. The summed E-state index contributed by atoms with van der Waals surface area (Å²) in [5.41, 5.74) is 4.10. The summed E-state index contributed by atoms with van der Waals surface area (Å²) in [4.78, 5) is 27.3. The van der Waals surface area contributed by atoms with Crippen LogP contribution in [-0.2, 0) is 9.53 Å². The van der Waals surface area contributed by atoms with Crippen LogP contribution >= 0.6 is 0 Å². The molecule has 12 nitrogen and oxygen atoms in total. The highest BCUT2D eigenvalue weighted by atomic mass is 19.1. The number of aliphatic hydroxyl groups excluding tert-OH is 2. The van der Waals surface area contributed by atoms with Crippen LogP contribution in [0.4, 0.5) is 21.6 Å². The molecule has 0 radical (unpaired) electrons. The maximum atomic E-state index is 14.9.